The van der Waals surface area contributed by atoms with Crippen LogP contribution in [0.1, 0.15) is 60.8 Å². The molecule has 1 aliphatic rings. The Labute approximate surface area is 124 Å². The van der Waals surface area contributed by atoms with Gasteiger partial charge in [0.1, 0.15) is 0 Å². The quantitative estimate of drug-likeness (QED) is 0.785. The maximum absolute atomic E-state index is 11.8. The van der Waals surface area contributed by atoms with E-state index in [0.717, 1.165) is 19.5 Å². The highest BCUT2D eigenvalue weighted by Gasteiger charge is 2.36. The predicted molar refractivity (Wildman–Crippen MR) is 84.5 cm³/mol. The summed E-state index contributed by atoms with van der Waals surface area (Å²) in [5.74, 6) is -0.254. The van der Waals surface area contributed by atoms with E-state index in [1.54, 1.807) is 0 Å². The van der Waals surface area contributed by atoms with Crippen LogP contribution in [0.15, 0.2) is 0 Å². The van der Waals surface area contributed by atoms with Crippen molar-refractivity contribution < 1.29 is 4.79 Å². The average Bonchev–Trinajstić information content (AvgIpc) is 2.26. The van der Waals surface area contributed by atoms with Crippen molar-refractivity contribution in [1.82, 2.24) is 10.2 Å². The van der Waals surface area contributed by atoms with E-state index in [1.807, 2.05) is 6.92 Å². The molecule has 0 aromatic carbocycles. The second-order valence-electron chi connectivity index (χ2n) is 7.75. The van der Waals surface area contributed by atoms with Crippen molar-refractivity contribution >= 4 is 5.91 Å². The van der Waals surface area contributed by atoms with Crippen LogP contribution < -0.4 is 11.1 Å². The van der Waals surface area contributed by atoms with Crippen LogP contribution in [0, 0.1) is 5.41 Å². The van der Waals surface area contributed by atoms with Crippen molar-refractivity contribution in [3.63, 3.8) is 0 Å². The lowest BCUT2D eigenvalue weighted by Crippen LogP contribution is -2.58. The molecule has 0 radical (unpaired) electrons. The van der Waals surface area contributed by atoms with Gasteiger partial charge in [-0.1, -0.05) is 13.8 Å². The number of amides is 1. The van der Waals surface area contributed by atoms with Crippen LogP contribution in [0.3, 0.4) is 0 Å². The van der Waals surface area contributed by atoms with Crippen LogP contribution in [0.25, 0.3) is 0 Å². The summed E-state index contributed by atoms with van der Waals surface area (Å²) in [6.45, 7) is 15.1. The summed E-state index contributed by atoms with van der Waals surface area (Å²) in [5.41, 5.74) is 5.45. The molecule has 4 heteroatoms. The Hall–Kier alpha value is -0.610. The van der Waals surface area contributed by atoms with Gasteiger partial charge in [0.2, 0.25) is 5.91 Å². The molecule has 1 rings (SSSR count). The Bertz CT molecular complexity index is 331. The molecule has 1 amide bonds. The number of hydrogen-bond donors (Lipinski definition) is 2. The molecule has 118 valence electrons. The lowest BCUT2D eigenvalue weighted by atomic mass is 9.81. The SMILES string of the molecule is CC(C)NC(C)(CC(C)N1CCC(C)(C)CC1)C(N)=O. The number of likely N-dealkylation sites (tertiary alicyclic amines) is 1. The van der Waals surface area contributed by atoms with E-state index in [9.17, 15) is 4.79 Å². The minimum Gasteiger partial charge on any atom is -0.368 e. The highest BCUT2D eigenvalue weighted by molar-refractivity contribution is 5.84. The first-order valence-corrected chi connectivity index (χ1v) is 7.87. The second-order valence-corrected chi connectivity index (χ2v) is 7.75. The van der Waals surface area contributed by atoms with Crippen molar-refractivity contribution in [2.24, 2.45) is 11.1 Å². The number of nitrogens with zero attached hydrogens (tertiary/aromatic N) is 1. The standard InChI is InChI=1S/C16H33N3O/c1-12(2)18-16(6,14(17)20)11-13(3)19-9-7-15(4,5)8-10-19/h12-13,18H,7-11H2,1-6H3,(H2,17,20). The summed E-state index contributed by atoms with van der Waals surface area (Å²) in [5, 5.41) is 3.34. The molecule has 3 N–H and O–H groups in total. The minimum absolute atomic E-state index is 0.250. The fraction of sp³-hybridized carbons (Fsp3) is 0.938. The molecule has 0 spiro atoms. The van der Waals surface area contributed by atoms with Gasteiger partial charge in [0.05, 0.1) is 5.54 Å². The van der Waals surface area contributed by atoms with Crippen molar-refractivity contribution in [1.29, 1.82) is 0 Å². The first kappa shape index (κ1) is 17.4. The lowest BCUT2D eigenvalue weighted by molar-refractivity contribution is -0.125. The van der Waals surface area contributed by atoms with Gasteiger partial charge >= 0.3 is 0 Å². The Morgan fingerprint density at radius 2 is 1.80 bits per heavy atom. The highest BCUT2D eigenvalue weighted by Crippen LogP contribution is 2.31. The van der Waals surface area contributed by atoms with Crippen molar-refractivity contribution in [2.45, 2.75) is 78.4 Å². The number of rotatable bonds is 6. The molecule has 1 heterocycles. The summed E-state index contributed by atoms with van der Waals surface area (Å²) in [4.78, 5) is 14.3. The molecular formula is C16H33N3O. The molecule has 1 fully saturated rings. The molecule has 0 aromatic heterocycles. The van der Waals surface area contributed by atoms with Gasteiger partial charge in [-0.15, -0.1) is 0 Å². The summed E-state index contributed by atoms with van der Waals surface area (Å²) in [6.07, 6.45) is 3.21. The van der Waals surface area contributed by atoms with Crippen LogP contribution in [0.5, 0.6) is 0 Å². The Balaban J connectivity index is 2.63. The van der Waals surface area contributed by atoms with Gasteiger partial charge < -0.3 is 16.0 Å². The van der Waals surface area contributed by atoms with Crippen LogP contribution in [0.4, 0.5) is 0 Å². The third kappa shape index (κ3) is 4.74. The number of carbonyl (C=O) groups excluding carboxylic acids is 1. The zero-order chi connectivity index (χ0) is 15.6. The second kappa shape index (κ2) is 6.44. The monoisotopic (exact) mass is 283 g/mol. The Morgan fingerprint density at radius 3 is 2.20 bits per heavy atom. The molecule has 1 aliphatic heterocycles. The fourth-order valence-corrected chi connectivity index (χ4v) is 3.16. The molecular weight excluding hydrogens is 250 g/mol. The maximum Gasteiger partial charge on any atom is 0.237 e. The molecule has 0 aromatic rings. The number of carbonyl (C=O) groups is 1. The molecule has 2 unspecified atom stereocenters. The van der Waals surface area contributed by atoms with Gasteiger partial charge in [0.15, 0.2) is 0 Å². The topological polar surface area (TPSA) is 58.4 Å². The molecule has 0 aliphatic carbocycles. The third-order valence-corrected chi connectivity index (χ3v) is 4.63. The van der Waals surface area contributed by atoms with E-state index in [2.05, 4.69) is 44.8 Å². The van der Waals surface area contributed by atoms with E-state index in [-0.39, 0.29) is 11.9 Å². The van der Waals surface area contributed by atoms with E-state index in [0.29, 0.717) is 11.5 Å². The number of nitrogens with two attached hydrogens (primary N) is 1. The number of nitrogens with one attached hydrogen (secondary N) is 1. The van der Waals surface area contributed by atoms with Crippen molar-refractivity contribution in [2.75, 3.05) is 13.1 Å². The molecule has 20 heavy (non-hydrogen) atoms. The third-order valence-electron chi connectivity index (χ3n) is 4.63. The summed E-state index contributed by atoms with van der Waals surface area (Å²) in [6, 6.07) is 0.620. The first-order valence-electron chi connectivity index (χ1n) is 7.87. The maximum atomic E-state index is 11.8. The van der Waals surface area contributed by atoms with Gasteiger partial charge in [-0.3, -0.25) is 4.79 Å². The van der Waals surface area contributed by atoms with E-state index >= 15 is 0 Å². The van der Waals surface area contributed by atoms with Crippen molar-refractivity contribution in [3.05, 3.63) is 0 Å². The molecule has 2 atom stereocenters. The van der Waals surface area contributed by atoms with E-state index < -0.39 is 5.54 Å². The Kier molecular flexibility index (Phi) is 5.61. The van der Waals surface area contributed by atoms with Gasteiger partial charge in [0.25, 0.3) is 0 Å². The molecule has 1 saturated heterocycles. The van der Waals surface area contributed by atoms with Crippen LogP contribution >= 0.6 is 0 Å². The molecule has 0 bridgehead atoms. The molecule has 0 saturated carbocycles. The lowest BCUT2D eigenvalue weighted by Gasteiger charge is -2.42. The van der Waals surface area contributed by atoms with Crippen molar-refractivity contribution in [3.8, 4) is 0 Å². The average molecular weight is 283 g/mol. The smallest absolute Gasteiger partial charge is 0.237 e. The zero-order valence-corrected chi connectivity index (χ0v) is 14.1. The predicted octanol–water partition coefficient (Wildman–Crippen LogP) is 2.13. The summed E-state index contributed by atoms with van der Waals surface area (Å²) >= 11 is 0. The van der Waals surface area contributed by atoms with Crippen LogP contribution in [-0.4, -0.2) is 41.5 Å². The molecule has 4 nitrogen and oxygen atoms in total. The number of primary amides is 1. The number of hydrogen-bond acceptors (Lipinski definition) is 3. The summed E-state index contributed by atoms with van der Waals surface area (Å²) in [7, 11) is 0. The van der Waals surface area contributed by atoms with E-state index in [4.69, 9.17) is 5.73 Å². The fourth-order valence-electron chi connectivity index (χ4n) is 3.16. The highest BCUT2D eigenvalue weighted by atomic mass is 16.1. The first-order chi connectivity index (χ1) is 9.06. The van der Waals surface area contributed by atoms with Gasteiger partial charge in [-0.2, -0.15) is 0 Å². The van der Waals surface area contributed by atoms with Gasteiger partial charge in [0, 0.05) is 12.1 Å². The van der Waals surface area contributed by atoms with Gasteiger partial charge in [-0.25, -0.2) is 0 Å². The van der Waals surface area contributed by atoms with Crippen LogP contribution in [0.2, 0.25) is 0 Å². The van der Waals surface area contributed by atoms with Crippen LogP contribution in [-0.2, 0) is 4.79 Å². The summed E-state index contributed by atoms with van der Waals surface area (Å²) < 4.78 is 0. The largest absolute Gasteiger partial charge is 0.368 e. The zero-order valence-electron chi connectivity index (χ0n) is 14.1. The minimum atomic E-state index is -0.624. The number of piperidine rings is 1. The Morgan fingerprint density at radius 1 is 1.30 bits per heavy atom. The van der Waals surface area contributed by atoms with E-state index in [1.165, 1.54) is 12.8 Å². The normalized spacial score (nSPS) is 24.4. The van der Waals surface area contributed by atoms with Gasteiger partial charge in [-0.05, 0) is 65.5 Å².